The fraction of sp³-hybridized carbons (Fsp3) is 0.571. The second kappa shape index (κ2) is 8.43. The van der Waals surface area contributed by atoms with Gasteiger partial charge in [0.2, 0.25) is 0 Å². The molecular formula is C14H24FN3O2S. The van der Waals surface area contributed by atoms with Gasteiger partial charge in [0.15, 0.2) is 0 Å². The Kier molecular flexibility index (Phi) is 7.24. The first-order valence-electron chi connectivity index (χ1n) is 7.00. The van der Waals surface area contributed by atoms with Crippen LogP contribution in [-0.2, 0) is 16.8 Å². The first kappa shape index (κ1) is 18.0. The maximum absolute atomic E-state index is 13.0. The van der Waals surface area contributed by atoms with Crippen molar-refractivity contribution >= 4 is 10.2 Å². The van der Waals surface area contributed by atoms with E-state index in [-0.39, 0.29) is 12.4 Å². The van der Waals surface area contributed by atoms with Crippen LogP contribution in [0.3, 0.4) is 0 Å². The monoisotopic (exact) mass is 317 g/mol. The van der Waals surface area contributed by atoms with Crippen molar-refractivity contribution in [1.29, 1.82) is 0 Å². The molecule has 2 N–H and O–H groups in total. The summed E-state index contributed by atoms with van der Waals surface area (Å²) in [5.41, 5.74) is 0.591. The van der Waals surface area contributed by atoms with Crippen LogP contribution in [0.2, 0.25) is 0 Å². The van der Waals surface area contributed by atoms with Gasteiger partial charge in [0.05, 0.1) is 0 Å². The maximum Gasteiger partial charge on any atom is 0.279 e. The molecular weight excluding hydrogens is 293 g/mol. The highest BCUT2D eigenvalue weighted by molar-refractivity contribution is 7.87. The molecule has 0 saturated carbocycles. The third kappa shape index (κ3) is 6.99. The topological polar surface area (TPSA) is 61.4 Å². The van der Waals surface area contributed by atoms with Crippen molar-refractivity contribution in [2.24, 2.45) is 0 Å². The van der Waals surface area contributed by atoms with Gasteiger partial charge in [-0.1, -0.05) is 26.0 Å². The smallest absolute Gasteiger partial charge is 0.279 e. The van der Waals surface area contributed by atoms with E-state index in [0.29, 0.717) is 18.2 Å². The summed E-state index contributed by atoms with van der Waals surface area (Å²) in [6, 6.07) is 6.26. The predicted molar refractivity (Wildman–Crippen MR) is 82.5 cm³/mol. The van der Waals surface area contributed by atoms with E-state index in [1.807, 2.05) is 13.8 Å². The van der Waals surface area contributed by atoms with Crippen LogP contribution in [0.25, 0.3) is 0 Å². The molecule has 0 fully saturated rings. The second-order valence-electron chi connectivity index (χ2n) is 5.24. The lowest BCUT2D eigenvalue weighted by atomic mass is 10.2. The van der Waals surface area contributed by atoms with Crippen molar-refractivity contribution in [2.45, 2.75) is 32.9 Å². The minimum atomic E-state index is -3.54. The molecule has 5 nitrogen and oxygen atoms in total. The van der Waals surface area contributed by atoms with E-state index in [0.717, 1.165) is 13.0 Å². The third-order valence-electron chi connectivity index (χ3n) is 2.96. The molecule has 0 spiro atoms. The zero-order chi connectivity index (χ0) is 15.9. The van der Waals surface area contributed by atoms with Gasteiger partial charge in [0.1, 0.15) is 5.82 Å². The molecule has 7 heteroatoms. The summed E-state index contributed by atoms with van der Waals surface area (Å²) in [6.07, 6.45) is 0.732. The summed E-state index contributed by atoms with van der Waals surface area (Å²) in [4.78, 5) is 0. The number of benzene rings is 1. The second-order valence-corrected chi connectivity index (χ2v) is 7.10. The van der Waals surface area contributed by atoms with E-state index in [9.17, 15) is 12.8 Å². The van der Waals surface area contributed by atoms with Gasteiger partial charge in [0.25, 0.3) is 10.2 Å². The molecule has 0 aliphatic heterocycles. The molecule has 0 aromatic heterocycles. The van der Waals surface area contributed by atoms with Crippen molar-refractivity contribution < 1.29 is 12.8 Å². The summed E-state index contributed by atoms with van der Waals surface area (Å²) < 4.78 is 40.8. The quantitative estimate of drug-likeness (QED) is 0.678. The van der Waals surface area contributed by atoms with Crippen molar-refractivity contribution in [3.63, 3.8) is 0 Å². The van der Waals surface area contributed by atoms with Crippen LogP contribution >= 0.6 is 0 Å². The Hall–Kier alpha value is -1.02. The van der Waals surface area contributed by atoms with Gasteiger partial charge in [-0.3, -0.25) is 0 Å². The summed E-state index contributed by atoms with van der Waals surface area (Å²) in [5.74, 6) is -0.375. The van der Waals surface area contributed by atoms with Crippen LogP contribution in [0.4, 0.5) is 4.39 Å². The van der Waals surface area contributed by atoms with E-state index in [1.165, 1.54) is 23.5 Å². The average molecular weight is 317 g/mol. The van der Waals surface area contributed by atoms with Crippen LogP contribution in [-0.4, -0.2) is 38.9 Å². The van der Waals surface area contributed by atoms with Gasteiger partial charge in [0, 0.05) is 26.2 Å². The minimum absolute atomic E-state index is 0.0781. The van der Waals surface area contributed by atoms with Crippen LogP contribution < -0.4 is 10.0 Å². The van der Waals surface area contributed by atoms with E-state index in [2.05, 4.69) is 10.0 Å². The predicted octanol–water partition coefficient (Wildman–Crippen LogP) is 1.48. The third-order valence-corrected chi connectivity index (χ3v) is 4.47. The molecule has 0 radical (unpaired) electrons. The number of hydrogen-bond acceptors (Lipinski definition) is 3. The van der Waals surface area contributed by atoms with E-state index in [4.69, 9.17) is 0 Å². The largest absolute Gasteiger partial charge is 0.314 e. The summed E-state index contributed by atoms with van der Waals surface area (Å²) in [6.45, 7) is 5.36. The lowest BCUT2D eigenvalue weighted by molar-refractivity contribution is 0.439. The zero-order valence-corrected chi connectivity index (χ0v) is 13.6. The van der Waals surface area contributed by atoms with Gasteiger partial charge >= 0.3 is 0 Å². The molecule has 0 saturated heterocycles. The Morgan fingerprint density at radius 1 is 1.33 bits per heavy atom. The maximum atomic E-state index is 13.0. The van der Waals surface area contributed by atoms with Gasteiger partial charge < -0.3 is 5.32 Å². The van der Waals surface area contributed by atoms with Crippen molar-refractivity contribution in [3.05, 3.63) is 35.6 Å². The molecule has 0 amide bonds. The van der Waals surface area contributed by atoms with Gasteiger partial charge in [-0.15, -0.1) is 0 Å². The standard InChI is InChI=1S/C14H24FN3O2S/c1-12(2)16-8-5-9-18(3)21(19,20)17-11-13-6-4-7-14(15)10-13/h4,6-7,10,12,16-17H,5,8-9,11H2,1-3H3. The lowest BCUT2D eigenvalue weighted by Crippen LogP contribution is -2.39. The molecule has 0 aliphatic carbocycles. The van der Waals surface area contributed by atoms with Crippen LogP contribution in [0, 0.1) is 5.82 Å². The van der Waals surface area contributed by atoms with Gasteiger partial charge in [-0.2, -0.15) is 17.4 Å². The number of nitrogens with zero attached hydrogens (tertiary/aromatic N) is 1. The Morgan fingerprint density at radius 3 is 2.67 bits per heavy atom. The summed E-state index contributed by atoms with van der Waals surface area (Å²) in [5, 5.41) is 3.23. The van der Waals surface area contributed by atoms with Gasteiger partial charge in [-0.05, 0) is 30.7 Å². The molecule has 0 atom stereocenters. The summed E-state index contributed by atoms with van der Waals surface area (Å²) in [7, 11) is -2.01. The lowest BCUT2D eigenvalue weighted by Gasteiger charge is -2.18. The SMILES string of the molecule is CC(C)NCCCN(C)S(=O)(=O)NCc1cccc(F)c1. The molecule has 1 rings (SSSR count). The Balaban J connectivity index is 2.41. The minimum Gasteiger partial charge on any atom is -0.314 e. The number of hydrogen-bond donors (Lipinski definition) is 2. The molecule has 0 aliphatic rings. The highest BCUT2D eigenvalue weighted by Crippen LogP contribution is 2.04. The van der Waals surface area contributed by atoms with E-state index < -0.39 is 10.2 Å². The van der Waals surface area contributed by atoms with E-state index in [1.54, 1.807) is 12.1 Å². The van der Waals surface area contributed by atoms with Gasteiger partial charge in [-0.25, -0.2) is 4.39 Å². The molecule has 1 aromatic rings. The van der Waals surface area contributed by atoms with Crippen molar-refractivity contribution in [1.82, 2.24) is 14.3 Å². The van der Waals surface area contributed by atoms with Crippen LogP contribution in [0.1, 0.15) is 25.8 Å². The first-order chi connectivity index (χ1) is 9.81. The normalized spacial score (nSPS) is 12.3. The molecule has 1 aromatic carbocycles. The van der Waals surface area contributed by atoms with Crippen LogP contribution in [0.15, 0.2) is 24.3 Å². The molecule has 0 heterocycles. The molecule has 0 bridgehead atoms. The highest BCUT2D eigenvalue weighted by Gasteiger charge is 2.16. The van der Waals surface area contributed by atoms with Crippen molar-refractivity contribution in [2.75, 3.05) is 20.1 Å². The fourth-order valence-corrected chi connectivity index (χ4v) is 2.68. The van der Waals surface area contributed by atoms with Crippen molar-refractivity contribution in [3.8, 4) is 0 Å². The van der Waals surface area contributed by atoms with Crippen LogP contribution in [0.5, 0.6) is 0 Å². The Bertz CT molecular complexity index is 535. The first-order valence-corrected chi connectivity index (χ1v) is 8.44. The number of rotatable bonds is 9. The molecule has 120 valence electrons. The molecule has 21 heavy (non-hydrogen) atoms. The Morgan fingerprint density at radius 2 is 2.05 bits per heavy atom. The average Bonchev–Trinajstić information content (AvgIpc) is 2.41. The highest BCUT2D eigenvalue weighted by atomic mass is 32.2. The number of nitrogens with one attached hydrogen (secondary N) is 2. The molecule has 0 unspecified atom stereocenters. The fourth-order valence-electron chi connectivity index (χ4n) is 1.74. The number of halogens is 1. The van der Waals surface area contributed by atoms with E-state index >= 15 is 0 Å². The Labute approximate surface area is 126 Å². The summed E-state index contributed by atoms with van der Waals surface area (Å²) >= 11 is 0. The zero-order valence-electron chi connectivity index (χ0n) is 12.8.